The lowest BCUT2D eigenvalue weighted by Crippen LogP contribution is -2.53. The van der Waals surface area contributed by atoms with Gasteiger partial charge in [-0.3, -0.25) is 24.0 Å². The van der Waals surface area contributed by atoms with Crippen LogP contribution in [0.15, 0.2) is 91.1 Å². The van der Waals surface area contributed by atoms with Crippen molar-refractivity contribution in [3.8, 4) is 11.3 Å². The molecule has 4 unspecified atom stereocenters. The third kappa shape index (κ3) is 8.01. The van der Waals surface area contributed by atoms with E-state index in [9.17, 15) is 24.0 Å². The molecule has 4 N–H and O–H groups in total. The van der Waals surface area contributed by atoms with E-state index in [-0.39, 0.29) is 53.5 Å². The van der Waals surface area contributed by atoms with Gasteiger partial charge in [0.1, 0.15) is 23.9 Å². The van der Waals surface area contributed by atoms with Crippen molar-refractivity contribution in [2.24, 2.45) is 11.8 Å². The molecule has 2 aliphatic heterocycles. The van der Waals surface area contributed by atoms with Gasteiger partial charge in [-0.2, -0.15) is 0 Å². The maximum Gasteiger partial charge on any atom is 0.250 e. The van der Waals surface area contributed by atoms with Crippen molar-refractivity contribution >= 4 is 29.5 Å². The van der Waals surface area contributed by atoms with E-state index in [1.807, 2.05) is 71.8 Å². The third-order valence-electron chi connectivity index (χ3n) is 12.7. The molecule has 58 heavy (non-hydrogen) atoms. The van der Waals surface area contributed by atoms with Crippen LogP contribution < -0.4 is 16.0 Å². The standard InChI is InChI=1S/C46H51N7O5/c54-42(32-19-20-32)50-39(30-9-3-1-4-10-30)45(57)52-23-7-13-37(52)41-47-27-36(49-41)29-17-15-28(16-18-29)34-25-35(26-34)48-44(56)38-14-8-24-53(38)46(58)40(31-11-5-2-6-12-31)51-43(55)33-21-22-33/h1-6,9-12,15-18,27,32-35,37-40H,7-8,13-14,19-26H2,(H,47,49)(H,48,56)(H,50,54)(H,51,55). The van der Waals surface area contributed by atoms with E-state index in [2.05, 4.69) is 45.2 Å². The van der Waals surface area contributed by atoms with Gasteiger partial charge >= 0.3 is 0 Å². The number of nitrogens with one attached hydrogen (secondary N) is 4. The van der Waals surface area contributed by atoms with Crippen LogP contribution in [0, 0.1) is 11.8 Å². The van der Waals surface area contributed by atoms with Crippen molar-refractivity contribution < 1.29 is 24.0 Å². The van der Waals surface area contributed by atoms with Gasteiger partial charge in [-0.15, -0.1) is 0 Å². The largest absolute Gasteiger partial charge is 0.352 e. The Balaban J connectivity index is 0.796. The molecule has 5 aliphatic rings. The van der Waals surface area contributed by atoms with Gasteiger partial charge in [0.05, 0.1) is 17.9 Å². The van der Waals surface area contributed by atoms with Gasteiger partial charge in [-0.05, 0) is 92.4 Å². The Bertz CT molecular complexity index is 2140. The number of aromatic nitrogens is 2. The molecule has 12 nitrogen and oxygen atoms in total. The van der Waals surface area contributed by atoms with Crippen LogP contribution >= 0.6 is 0 Å². The maximum atomic E-state index is 14.1. The number of hydrogen-bond acceptors (Lipinski definition) is 6. The minimum atomic E-state index is -0.807. The fourth-order valence-electron chi connectivity index (χ4n) is 8.92. The monoisotopic (exact) mass is 781 g/mol. The van der Waals surface area contributed by atoms with Crippen molar-refractivity contribution in [2.45, 2.75) is 100 Å². The molecule has 3 saturated carbocycles. The van der Waals surface area contributed by atoms with Crippen LogP contribution in [0.25, 0.3) is 11.3 Å². The van der Waals surface area contributed by atoms with Crippen molar-refractivity contribution in [1.82, 2.24) is 35.7 Å². The molecule has 0 bridgehead atoms. The lowest BCUT2D eigenvalue weighted by atomic mass is 9.75. The van der Waals surface area contributed by atoms with Crippen molar-refractivity contribution in [3.05, 3.63) is 114 Å². The average molecular weight is 782 g/mol. The number of benzene rings is 3. The summed E-state index contributed by atoms with van der Waals surface area (Å²) in [5.41, 5.74) is 4.58. The fraction of sp³-hybridized carbons (Fsp3) is 0.435. The molecule has 5 amide bonds. The zero-order chi connectivity index (χ0) is 39.8. The first-order valence-corrected chi connectivity index (χ1v) is 21.1. The van der Waals surface area contributed by atoms with Crippen molar-refractivity contribution in [2.75, 3.05) is 13.1 Å². The van der Waals surface area contributed by atoms with Gasteiger partial charge in [0.25, 0.3) is 0 Å². The van der Waals surface area contributed by atoms with Gasteiger partial charge in [-0.25, -0.2) is 4.98 Å². The van der Waals surface area contributed by atoms with E-state index in [4.69, 9.17) is 4.98 Å². The molecule has 300 valence electrons. The Morgan fingerprint density at radius 3 is 1.78 bits per heavy atom. The number of H-pyrrole nitrogens is 1. The third-order valence-corrected chi connectivity index (χ3v) is 12.7. The van der Waals surface area contributed by atoms with E-state index >= 15 is 0 Å². The number of nitrogens with zero attached hydrogens (tertiary/aromatic N) is 3. The Kier molecular flexibility index (Phi) is 10.6. The number of carbonyl (C=O) groups excluding carboxylic acids is 5. The highest BCUT2D eigenvalue weighted by atomic mass is 16.2. The molecule has 0 spiro atoms. The molecule has 4 atom stereocenters. The molecule has 0 radical (unpaired) electrons. The number of rotatable bonds is 13. The summed E-state index contributed by atoms with van der Waals surface area (Å²) < 4.78 is 0. The van der Waals surface area contributed by atoms with Crippen LogP contribution in [-0.2, 0) is 24.0 Å². The molecule has 4 aromatic rings. The summed E-state index contributed by atoms with van der Waals surface area (Å²) >= 11 is 0. The molecule has 12 heteroatoms. The Morgan fingerprint density at radius 2 is 1.19 bits per heavy atom. The minimum Gasteiger partial charge on any atom is -0.352 e. The summed E-state index contributed by atoms with van der Waals surface area (Å²) in [7, 11) is 0. The van der Waals surface area contributed by atoms with Crippen LogP contribution in [0.5, 0.6) is 0 Å². The summed E-state index contributed by atoms with van der Waals surface area (Å²) in [6, 6.07) is 24.9. The predicted molar refractivity (Wildman–Crippen MR) is 216 cm³/mol. The normalized spacial score (nSPS) is 23.7. The zero-order valence-corrected chi connectivity index (χ0v) is 32.6. The van der Waals surface area contributed by atoms with Gasteiger partial charge in [0, 0.05) is 31.0 Å². The quantitative estimate of drug-likeness (QED) is 0.138. The Morgan fingerprint density at radius 1 is 0.638 bits per heavy atom. The second-order valence-electron chi connectivity index (χ2n) is 16.8. The second kappa shape index (κ2) is 16.2. The molecule has 3 aliphatic carbocycles. The zero-order valence-electron chi connectivity index (χ0n) is 32.6. The van der Waals surface area contributed by atoms with Crippen LogP contribution in [0.3, 0.4) is 0 Å². The SMILES string of the molecule is O=C(NC(C(=O)N1CCCC1C(=O)NC1CC(c2ccc(-c3cnc(C4CCCN4C(=O)C(NC(=O)C4CC4)c4ccccc4)[nH]3)cc2)C1)c1ccccc1)C1CC1. The van der Waals surface area contributed by atoms with Gasteiger partial charge in [0.15, 0.2) is 0 Å². The van der Waals surface area contributed by atoms with Crippen LogP contribution in [0.4, 0.5) is 0 Å². The molecular formula is C46H51N7O5. The lowest BCUT2D eigenvalue weighted by Gasteiger charge is -2.38. The first-order valence-electron chi connectivity index (χ1n) is 21.1. The number of imidazole rings is 1. The molecule has 1 aromatic heterocycles. The molecule has 5 fully saturated rings. The molecule has 9 rings (SSSR count). The average Bonchev–Trinajstić information content (AvgIpc) is 4.11. The number of aromatic amines is 1. The maximum absolute atomic E-state index is 14.1. The number of amides is 5. The van der Waals surface area contributed by atoms with E-state index in [1.54, 1.807) is 4.90 Å². The second-order valence-corrected chi connectivity index (χ2v) is 16.8. The summed E-state index contributed by atoms with van der Waals surface area (Å²) in [5, 5.41) is 9.24. The summed E-state index contributed by atoms with van der Waals surface area (Å²) in [6.45, 7) is 1.09. The summed E-state index contributed by atoms with van der Waals surface area (Å²) in [4.78, 5) is 78.9. The fourth-order valence-corrected chi connectivity index (χ4v) is 8.92. The Labute approximate surface area is 338 Å². The van der Waals surface area contributed by atoms with E-state index in [0.29, 0.717) is 25.4 Å². The van der Waals surface area contributed by atoms with E-state index in [0.717, 1.165) is 86.0 Å². The van der Waals surface area contributed by atoms with Crippen LogP contribution in [-0.4, -0.2) is 74.5 Å². The van der Waals surface area contributed by atoms with Crippen molar-refractivity contribution in [1.29, 1.82) is 0 Å². The highest BCUT2D eigenvalue weighted by molar-refractivity contribution is 5.94. The number of hydrogen-bond donors (Lipinski definition) is 4. The van der Waals surface area contributed by atoms with Crippen LogP contribution in [0.2, 0.25) is 0 Å². The first kappa shape index (κ1) is 37.8. The minimum absolute atomic E-state index is 0.00122. The van der Waals surface area contributed by atoms with Crippen LogP contribution in [0.1, 0.15) is 111 Å². The highest BCUT2D eigenvalue weighted by Crippen LogP contribution is 2.39. The van der Waals surface area contributed by atoms with Gasteiger partial charge < -0.3 is 30.7 Å². The first-order chi connectivity index (χ1) is 28.3. The van der Waals surface area contributed by atoms with E-state index in [1.165, 1.54) is 5.56 Å². The number of likely N-dealkylation sites (tertiary alicyclic amines) is 2. The number of carbonyl (C=O) groups is 5. The Hall–Kier alpha value is -5.78. The lowest BCUT2D eigenvalue weighted by molar-refractivity contribution is -0.142. The van der Waals surface area contributed by atoms with Gasteiger partial charge in [-0.1, -0.05) is 84.9 Å². The highest BCUT2D eigenvalue weighted by Gasteiger charge is 2.42. The smallest absolute Gasteiger partial charge is 0.250 e. The summed E-state index contributed by atoms with van der Waals surface area (Å²) in [5.74, 6) is 0.403. The molecule has 2 saturated heterocycles. The molecular weight excluding hydrogens is 731 g/mol. The van der Waals surface area contributed by atoms with Crippen molar-refractivity contribution in [3.63, 3.8) is 0 Å². The summed E-state index contributed by atoms with van der Waals surface area (Å²) in [6.07, 6.45) is 9.88. The topological polar surface area (TPSA) is 157 Å². The predicted octanol–water partition coefficient (Wildman–Crippen LogP) is 5.63. The molecule has 3 heterocycles. The molecule has 3 aromatic carbocycles. The van der Waals surface area contributed by atoms with Gasteiger partial charge in [0.2, 0.25) is 29.5 Å². The van der Waals surface area contributed by atoms with E-state index < -0.39 is 18.1 Å².